The second-order valence-corrected chi connectivity index (χ2v) is 4.76. The molecule has 2 heterocycles. The maximum absolute atomic E-state index is 8.58. The van der Waals surface area contributed by atoms with E-state index in [4.69, 9.17) is 10.00 Å². The number of rotatable bonds is 5. The van der Waals surface area contributed by atoms with Gasteiger partial charge in [-0.3, -0.25) is 5.32 Å². The number of hydrogen-bond donors (Lipinski definition) is 1. The van der Waals surface area contributed by atoms with Crippen LogP contribution in [0.2, 0.25) is 0 Å². The number of nitrogens with zero attached hydrogens (tertiary/aromatic N) is 4. The van der Waals surface area contributed by atoms with Gasteiger partial charge in [-0.2, -0.15) is 5.26 Å². The van der Waals surface area contributed by atoms with Crippen molar-refractivity contribution >= 4 is 11.6 Å². The fourth-order valence-corrected chi connectivity index (χ4v) is 2.21. The van der Waals surface area contributed by atoms with Crippen LogP contribution in [0.15, 0.2) is 12.4 Å². The molecule has 1 aliphatic rings. The molecule has 0 aromatic carbocycles. The molecular weight excluding hydrogens is 242 g/mol. The molecule has 0 aliphatic carbocycles. The van der Waals surface area contributed by atoms with Gasteiger partial charge in [0, 0.05) is 32.9 Å². The van der Waals surface area contributed by atoms with Crippen molar-refractivity contribution in [1.82, 2.24) is 9.97 Å². The number of aromatic nitrogens is 2. The molecule has 2 rings (SSSR count). The Morgan fingerprint density at radius 3 is 3.00 bits per heavy atom. The molecule has 1 N–H and O–H groups in total. The van der Waals surface area contributed by atoms with Gasteiger partial charge in [-0.25, -0.2) is 9.97 Å². The first-order chi connectivity index (χ1) is 9.29. The summed E-state index contributed by atoms with van der Waals surface area (Å²) in [4.78, 5) is 10.3. The van der Waals surface area contributed by atoms with Crippen molar-refractivity contribution in [2.75, 3.05) is 37.0 Å². The molecule has 6 heteroatoms. The molecular formula is C13H19N5O. The van der Waals surface area contributed by atoms with Crippen LogP contribution >= 0.6 is 0 Å². The van der Waals surface area contributed by atoms with Crippen LogP contribution < -0.4 is 10.2 Å². The van der Waals surface area contributed by atoms with Crippen LogP contribution in [0.3, 0.4) is 0 Å². The normalized spacial score (nSPS) is 15.8. The lowest BCUT2D eigenvalue weighted by Gasteiger charge is -2.25. The lowest BCUT2D eigenvalue weighted by atomic mass is 9.96. The number of anilines is 2. The molecule has 0 unspecified atom stereocenters. The van der Waals surface area contributed by atoms with Gasteiger partial charge < -0.3 is 9.64 Å². The van der Waals surface area contributed by atoms with Gasteiger partial charge in [0.15, 0.2) is 6.19 Å². The Kier molecular flexibility index (Phi) is 4.93. The van der Waals surface area contributed by atoms with Crippen LogP contribution in [-0.2, 0) is 4.74 Å². The Morgan fingerprint density at radius 1 is 1.47 bits per heavy atom. The molecule has 0 radical (unpaired) electrons. The Morgan fingerprint density at radius 2 is 2.26 bits per heavy atom. The second-order valence-electron chi connectivity index (χ2n) is 4.76. The first kappa shape index (κ1) is 13.6. The molecule has 6 nitrogen and oxygen atoms in total. The molecule has 1 saturated heterocycles. The molecule has 0 atom stereocenters. The average molecular weight is 261 g/mol. The summed E-state index contributed by atoms with van der Waals surface area (Å²) < 4.78 is 5.36. The lowest BCUT2D eigenvalue weighted by Crippen LogP contribution is -2.24. The minimum absolute atomic E-state index is 0.533. The summed E-state index contributed by atoms with van der Waals surface area (Å²) in [7, 11) is 2.01. The Labute approximate surface area is 113 Å². The fourth-order valence-electron chi connectivity index (χ4n) is 2.21. The highest BCUT2D eigenvalue weighted by atomic mass is 16.5. The molecule has 1 fully saturated rings. The van der Waals surface area contributed by atoms with Gasteiger partial charge in [0.25, 0.3) is 0 Å². The first-order valence-corrected chi connectivity index (χ1v) is 6.55. The van der Waals surface area contributed by atoms with E-state index < -0.39 is 0 Å². The predicted octanol–water partition coefficient (Wildman–Crippen LogP) is 1.62. The Bertz CT molecular complexity index is 439. The van der Waals surface area contributed by atoms with E-state index in [-0.39, 0.29) is 0 Å². The molecule has 0 saturated carbocycles. The van der Waals surface area contributed by atoms with Gasteiger partial charge in [-0.1, -0.05) is 0 Å². The number of ether oxygens (including phenoxy) is 1. The minimum atomic E-state index is 0.533. The summed E-state index contributed by atoms with van der Waals surface area (Å²) in [5, 5.41) is 11.1. The molecule has 19 heavy (non-hydrogen) atoms. The van der Waals surface area contributed by atoms with Gasteiger partial charge in [-0.05, 0) is 25.2 Å². The zero-order valence-electron chi connectivity index (χ0n) is 11.2. The van der Waals surface area contributed by atoms with Gasteiger partial charge in [0.2, 0.25) is 0 Å². The number of nitriles is 1. The van der Waals surface area contributed by atoms with Crippen LogP contribution in [0.1, 0.15) is 19.3 Å². The molecule has 102 valence electrons. The lowest BCUT2D eigenvalue weighted by molar-refractivity contribution is 0.0645. The van der Waals surface area contributed by atoms with Crippen LogP contribution in [-0.4, -0.2) is 36.8 Å². The Hall–Kier alpha value is -1.87. The third-order valence-corrected chi connectivity index (χ3v) is 3.44. The monoisotopic (exact) mass is 261 g/mol. The van der Waals surface area contributed by atoms with E-state index in [1.54, 1.807) is 6.07 Å². The third-order valence-electron chi connectivity index (χ3n) is 3.44. The molecule has 1 aromatic rings. The van der Waals surface area contributed by atoms with Crippen molar-refractivity contribution in [1.29, 1.82) is 5.26 Å². The zero-order chi connectivity index (χ0) is 13.5. The van der Waals surface area contributed by atoms with E-state index in [0.717, 1.165) is 50.8 Å². The molecule has 1 aliphatic heterocycles. The number of nitrogens with one attached hydrogen (secondary N) is 1. The quantitative estimate of drug-likeness (QED) is 0.641. The summed E-state index contributed by atoms with van der Waals surface area (Å²) >= 11 is 0. The minimum Gasteiger partial charge on any atom is -0.381 e. The average Bonchev–Trinajstić information content (AvgIpc) is 2.46. The fraction of sp³-hybridized carbons (Fsp3) is 0.615. The van der Waals surface area contributed by atoms with Gasteiger partial charge in [-0.15, -0.1) is 0 Å². The zero-order valence-corrected chi connectivity index (χ0v) is 11.2. The van der Waals surface area contributed by atoms with Gasteiger partial charge >= 0.3 is 0 Å². The summed E-state index contributed by atoms with van der Waals surface area (Å²) in [6.07, 6.45) is 6.78. The maximum atomic E-state index is 8.58. The standard InChI is InChI=1S/C13H19N5O/c1-18(5-2-11-3-6-19-7-4-11)13-8-12(15-9-14)16-10-17-13/h8,10-11H,2-7H2,1H3,(H,15,16,17). The second kappa shape index (κ2) is 6.90. The van der Waals surface area contributed by atoms with Crippen LogP contribution in [0.25, 0.3) is 0 Å². The van der Waals surface area contributed by atoms with Crippen molar-refractivity contribution in [2.45, 2.75) is 19.3 Å². The highest BCUT2D eigenvalue weighted by molar-refractivity contribution is 5.49. The smallest absolute Gasteiger partial charge is 0.182 e. The van der Waals surface area contributed by atoms with Crippen LogP contribution in [0.5, 0.6) is 0 Å². The van der Waals surface area contributed by atoms with E-state index >= 15 is 0 Å². The van der Waals surface area contributed by atoms with Crippen molar-refractivity contribution < 1.29 is 4.74 Å². The SMILES string of the molecule is CN(CCC1CCOCC1)c1cc(NC#N)ncn1. The van der Waals surface area contributed by atoms with Crippen LogP contribution in [0.4, 0.5) is 11.6 Å². The van der Waals surface area contributed by atoms with E-state index in [0.29, 0.717) is 5.82 Å². The topological polar surface area (TPSA) is 74.1 Å². The molecule has 0 spiro atoms. The van der Waals surface area contributed by atoms with E-state index in [2.05, 4.69) is 20.2 Å². The van der Waals surface area contributed by atoms with Crippen molar-refractivity contribution in [3.8, 4) is 6.19 Å². The van der Waals surface area contributed by atoms with Crippen molar-refractivity contribution in [3.05, 3.63) is 12.4 Å². The van der Waals surface area contributed by atoms with E-state index in [9.17, 15) is 0 Å². The Balaban J connectivity index is 1.86. The maximum Gasteiger partial charge on any atom is 0.182 e. The summed E-state index contributed by atoms with van der Waals surface area (Å²) in [6.45, 7) is 2.73. The molecule has 0 amide bonds. The predicted molar refractivity (Wildman–Crippen MR) is 72.7 cm³/mol. The number of hydrogen-bond acceptors (Lipinski definition) is 6. The molecule has 1 aromatic heterocycles. The van der Waals surface area contributed by atoms with Gasteiger partial charge in [0.05, 0.1) is 0 Å². The largest absolute Gasteiger partial charge is 0.381 e. The van der Waals surface area contributed by atoms with Crippen molar-refractivity contribution in [3.63, 3.8) is 0 Å². The summed E-state index contributed by atoms with van der Waals surface area (Å²) in [5.74, 6) is 2.11. The summed E-state index contributed by atoms with van der Waals surface area (Å²) in [5.41, 5.74) is 0. The third kappa shape index (κ3) is 4.07. The summed E-state index contributed by atoms with van der Waals surface area (Å²) in [6, 6.07) is 1.78. The van der Waals surface area contributed by atoms with Crippen LogP contribution in [0, 0.1) is 17.4 Å². The highest BCUT2D eigenvalue weighted by Gasteiger charge is 2.14. The van der Waals surface area contributed by atoms with E-state index in [1.807, 2.05) is 13.2 Å². The van der Waals surface area contributed by atoms with Gasteiger partial charge in [0.1, 0.15) is 18.0 Å². The van der Waals surface area contributed by atoms with Crippen molar-refractivity contribution in [2.24, 2.45) is 5.92 Å². The highest BCUT2D eigenvalue weighted by Crippen LogP contribution is 2.20. The first-order valence-electron chi connectivity index (χ1n) is 6.55. The van der Waals surface area contributed by atoms with E-state index in [1.165, 1.54) is 6.33 Å². The molecule has 0 bridgehead atoms.